The minimum absolute atomic E-state index is 0.122. The first-order valence-corrected chi connectivity index (χ1v) is 7.81. The molecule has 2 atom stereocenters. The van der Waals surface area contributed by atoms with Crippen molar-refractivity contribution in [3.63, 3.8) is 0 Å². The molecule has 0 aromatic heterocycles. The number of amides is 2. The van der Waals surface area contributed by atoms with E-state index in [0.717, 1.165) is 11.8 Å². The van der Waals surface area contributed by atoms with Crippen molar-refractivity contribution in [2.45, 2.75) is 24.9 Å². The molecule has 0 aromatic rings. The summed E-state index contributed by atoms with van der Waals surface area (Å²) in [6.07, 6.45) is -0.720. The summed E-state index contributed by atoms with van der Waals surface area (Å²) in [6, 6.07) is -2.60. The zero-order chi connectivity index (χ0) is 18.9. The van der Waals surface area contributed by atoms with Crippen LogP contribution >= 0.6 is 11.8 Å². The molecule has 136 valence electrons. The van der Waals surface area contributed by atoms with Gasteiger partial charge >= 0.3 is 17.9 Å². The van der Waals surface area contributed by atoms with Gasteiger partial charge in [-0.25, -0.2) is 0 Å². The van der Waals surface area contributed by atoms with Crippen LogP contribution in [0.1, 0.15) is 12.8 Å². The van der Waals surface area contributed by atoms with Crippen molar-refractivity contribution in [1.82, 2.24) is 4.90 Å². The number of hydrogen-bond donors (Lipinski definition) is 5. The number of hydrogen-bond acceptors (Lipinski definition) is 8. The van der Waals surface area contributed by atoms with E-state index in [-0.39, 0.29) is 17.9 Å². The van der Waals surface area contributed by atoms with Crippen LogP contribution in [0.5, 0.6) is 0 Å². The highest BCUT2D eigenvalue weighted by Gasteiger charge is 2.29. The number of nitrogens with two attached hydrogens (primary N) is 2. The van der Waals surface area contributed by atoms with E-state index >= 15 is 0 Å². The zero-order valence-electron chi connectivity index (χ0n) is 12.6. The topological polar surface area (TPSA) is 201 Å². The van der Waals surface area contributed by atoms with Crippen molar-refractivity contribution in [3.05, 3.63) is 0 Å². The standard InChI is InChI=1S/C12H19N3O8S/c13-6(12(22)23)1-2-8(16)15(3-9(17)18)11(21)7(14)4-24-5-10(19)20/h6-7H,1-5,13-14H2,(H,17,18)(H,19,20)(H,22,23)/t6-,7-/m0/s1. The number of imide groups is 1. The van der Waals surface area contributed by atoms with Gasteiger partial charge in [-0.05, 0) is 6.42 Å². The molecule has 0 saturated heterocycles. The molecule has 0 unspecified atom stereocenters. The van der Waals surface area contributed by atoms with Crippen LogP contribution in [0.25, 0.3) is 0 Å². The Bertz CT molecular complexity index is 513. The van der Waals surface area contributed by atoms with E-state index in [1.807, 2.05) is 0 Å². The Morgan fingerprint density at radius 1 is 0.958 bits per heavy atom. The number of rotatable bonds is 11. The molecule has 0 aliphatic heterocycles. The lowest BCUT2D eigenvalue weighted by Gasteiger charge is -2.22. The Kier molecular flexibility index (Phi) is 9.61. The van der Waals surface area contributed by atoms with Gasteiger partial charge in [-0.1, -0.05) is 0 Å². The third-order valence-corrected chi connectivity index (χ3v) is 3.73. The van der Waals surface area contributed by atoms with E-state index in [1.54, 1.807) is 0 Å². The largest absolute Gasteiger partial charge is 0.481 e. The fourth-order valence-electron chi connectivity index (χ4n) is 1.51. The molecule has 2 amide bonds. The van der Waals surface area contributed by atoms with E-state index in [4.69, 9.17) is 26.8 Å². The number of carboxylic acid groups (broad SMARTS) is 3. The van der Waals surface area contributed by atoms with Crippen LogP contribution in [0.2, 0.25) is 0 Å². The summed E-state index contributed by atoms with van der Waals surface area (Å²) in [5.41, 5.74) is 10.8. The molecule has 0 aliphatic rings. The van der Waals surface area contributed by atoms with Crippen molar-refractivity contribution in [3.8, 4) is 0 Å². The van der Waals surface area contributed by atoms with Crippen LogP contribution in [0.15, 0.2) is 0 Å². The summed E-state index contributed by atoms with van der Waals surface area (Å²) in [6.45, 7) is -0.933. The van der Waals surface area contributed by atoms with Crippen molar-refractivity contribution in [2.75, 3.05) is 18.1 Å². The summed E-state index contributed by atoms with van der Waals surface area (Å²) in [5.74, 6) is -6.22. The summed E-state index contributed by atoms with van der Waals surface area (Å²) in [7, 11) is 0. The molecule has 0 saturated carbocycles. The Morgan fingerprint density at radius 2 is 1.54 bits per heavy atom. The molecule has 0 spiro atoms. The summed E-state index contributed by atoms with van der Waals surface area (Å²) in [4.78, 5) is 56.2. The molecular weight excluding hydrogens is 346 g/mol. The third-order valence-electron chi connectivity index (χ3n) is 2.69. The average Bonchev–Trinajstić information content (AvgIpc) is 2.48. The predicted molar refractivity (Wildman–Crippen MR) is 82.1 cm³/mol. The molecule has 0 radical (unpaired) electrons. The summed E-state index contributed by atoms with van der Waals surface area (Å²) >= 11 is 0.839. The monoisotopic (exact) mass is 365 g/mol. The fourth-order valence-corrected chi connectivity index (χ4v) is 2.20. The number of carbonyl (C=O) groups excluding carboxylic acids is 2. The maximum atomic E-state index is 12.1. The molecule has 11 nitrogen and oxygen atoms in total. The Hall–Kier alpha value is -2.18. The molecule has 0 bridgehead atoms. The second-order valence-electron chi connectivity index (χ2n) is 4.71. The van der Waals surface area contributed by atoms with Crippen molar-refractivity contribution < 1.29 is 39.3 Å². The minimum atomic E-state index is -1.45. The van der Waals surface area contributed by atoms with Crippen LogP contribution < -0.4 is 11.5 Å². The molecule has 0 fully saturated rings. The molecule has 24 heavy (non-hydrogen) atoms. The minimum Gasteiger partial charge on any atom is -0.481 e. The molecule has 7 N–H and O–H groups in total. The van der Waals surface area contributed by atoms with E-state index in [2.05, 4.69) is 0 Å². The smallest absolute Gasteiger partial charge is 0.323 e. The van der Waals surface area contributed by atoms with Crippen LogP contribution in [0, 0.1) is 0 Å². The highest BCUT2D eigenvalue weighted by Crippen LogP contribution is 2.07. The normalized spacial score (nSPS) is 12.9. The highest BCUT2D eigenvalue weighted by atomic mass is 32.2. The summed E-state index contributed by atoms with van der Waals surface area (Å²) in [5, 5.41) is 25.9. The first-order valence-electron chi connectivity index (χ1n) is 6.65. The van der Waals surface area contributed by atoms with Crippen molar-refractivity contribution in [1.29, 1.82) is 0 Å². The van der Waals surface area contributed by atoms with E-state index in [1.165, 1.54) is 0 Å². The van der Waals surface area contributed by atoms with Gasteiger partial charge in [0.1, 0.15) is 12.6 Å². The van der Waals surface area contributed by atoms with Crippen LogP contribution in [0.3, 0.4) is 0 Å². The second kappa shape index (κ2) is 10.6. The van der Waals surface area contributed by atoms with E-state index in [0.29, 0.717) is 4.90 Å². The Labute approximate surface area is 141 Å². The van der Waals surface area contributed by atoms with Gasteiger partial charge in [0.05, 0.1) is 11.8 Å². The number of nitrogens with zero attached hydrogens (tertiary/aromatic N) is 1. The molecule has 0 rings (SSSR count). The first-order chi connectivity index (χ1) is 11.1. The second-order valence-corrected chi connectivity index (χ2v) is 5.74. The third kappa shape index (κ3) is 8.45. The van der Waals surface area contributed by atoms with Crippen LogP contribution in [-0.2, 0) is 24.0 Å². The van der Waals surface area contributed by atoms with Gasteiger partial charge < -0.3 is 26.8 Å². The maximum absolute atomic E-state index is 12.1. The van der Waals surface area contributed by atoms with Gasteiger partial charge in [0.15, 0.2) is 0 Å². The van der Waals surface area contributed by atoms with Gasteiger partial charge in [0.2, 0.25) is 11.8 Å². The SMILES string of the molecule is N[C@@H](CCC(=O)N(CC(=O)O)C(=O)[C@@H](N)CSCC(=O)O)C(=O)O. The number of carboxylic acids is 3. The fraction of sp³-hybridized carbons (Fsp3) is 0.583. The van der Waals surface area contributed by atoms with E-state index in [9.17, 15) is 24.0 Å². The number of aliphatic carboxylic acids is 3. The Morgan fingerprint density at radius 3 is 2.00 bits per heavy atom. The van der Waals surface area contributed by atoms with E-state index < -0.39 is 54.8 Å². The molecular formula is C12H19N3O8S. The first kappa shape index (κ1) is 21.8. The Balaban J connectivity index is 4.80. The number of thioether (sulfide) groups is 1. The van der Waals surface area contributed by atoms with Gasteiger partial charge in [-0.2, -0.15) is 0 Å². The lowest BCUT2D eigenvalue weighted by Crippen LogP contribution is -2.50. The molecule has 0 heterocycles. The molecule has 0 aromatic carbocycles. The molecule has 0 aliphatic carbocycles. The highest BCUT2D eigenvalue weighted by molar-refractivity contribution is 8.00. The van der Waals surface area contributed by atoms with Gasteiger partial charge in [-0.15, -0.1) is 11.8 Å². The zero-order valence-corrected chi connectivity index (χ0v) is 13.4. The quantitative estimate of drug-likeness (QED) is 0.265. The van der Waals surface area contributed by atoms with Gasteiger partial charge in [-0.3, -0.25) is 28.9 Å². The van der Waals surface area contributed by atoms with Crippen LogP contribution in [0.4, 0.5) is 0 Å². The lowest BCUT2D eigenvalue weighted by atomic mass is 10.1. The van der Waals surface area contributed by atoms with Crippen LogP contribution in [-0.4, -0.2) is 80.1 Å². The van der Waals surface area contributed by atoms with Crippen molar-refractivity contribution >= 4 is 41.5 Å². The van der Waals surface area contributed by atoms with Gasteiger partial charge in [0, 0.05) is 12.2 Å². The average molecular weight is 365 g/mol. The lowest BCUT2D eigenvalue weighted by molar-refractivity contribution is -0.153. The van der Waals surface area contributed by atoms with Crippen molar-refractivity contribution in [2.24, 2.45) is 11.5 Å². The van der Waals surface area contributed by atoms with Gasteiger partial charge in [0.25, 0.3) is 0 Å². The number of carbonyl (C=O) groups is 5. The summed E-state index contributed by atoms with van der Waals surface area (Å²) < 4.78 is 0. The molecule has 12 heteroatoms. The maximum Gasteiger partial charge on any atom is 0.323 e. The predicted octanol–water partition coefficient (Wildman–Crippen LogP) is -2.24.